The molecule has 3 aromatic rings. The van der Waals surface area contributed by atoms with E-state index in [9.17, 15) is 4.79 Å². The van der Waals surface area contributed by atoms with Crippen LogP contribution in [-0.4, -0.2) is 42.1 Å². The van der Waals surface area contributed by atoms with Crippen LogP contribution in [0.25, 0.3) is 5.82 Å². The molecule has 0 spiro atoms. The van der Waals surface area contributed by atoms with E-state index in [4.69, 9.17) is 0 Å². The quantitative estimate of drug-likeness (QED) is 0.803. The summed E-state index contributed by atoms with van der Waals surface area (Å²) in [5, 5.41) is 7.02. The highest BCUT2D eigenvalue weighted by Crippen LogP contribution is 2.30. The molecule has 7 heteroatoms. The summed E-state index contributed by atoms with van der Waals surface area (Å²) in [5.41, 5.74) is 1.59. The average Bonchev–Trinajstić information content (AvgIpc) is 3.35. The second kappa shape index (κ2) is 6.27. The van der Waals surface area contributed by atoms with Gasteiger partial charge in [0.1, 0.15) is 12.1 Å². The zero-order valence-electron chi connectivity index (χ0n) is 13.2. The van der Waals surface area contributed by atoms with Gasteiger partial charge in [0.2, 0.25) is 0 Å². The Morgan fingerprint density at radius 3 is 2.88 bits per heavy atom. The van der Waals surface area contributed by atoms with Crippen molar-refractivity contribution in [2.75, 3.05) is 6.54 Å². The Morgan fingerprint density at radius 2 is 2.17 bits per heavy atom. The molecule has 1 N–H and O–H groups in total. The molecular formula is C17H18N6O. The van der Waals surface area contributed by atoms with Gasteiger partial charge in [0.15, 0.2) is 0 Å². The molecule has 3 aromatic heterocycles. The summed E-state index contributed by atoms with van der Waals surface area (Å²) in [6.07, 6.45) is 11.7. The first kappa shape index (κ1) is 14.6. The molecule has 122 valence electrons. The fourth-order valence-corrected chi connectivity index (χ4v) is 3.18. The lowest BCUT2D eigenvalue weighted by Gasteiger charge is -2.35. The number of nitrogens with zero attached hydrogens (tertiary/aromatic N) is 5. The highest BCUT2D eigenvalue weighted by Gasteiger charge is 2.29. The fourth-order valence-electron chi connectivity index (χ4n) is 3.18. The Labute approximate surface area is 139 Å². The Morgan fingerprint density at radius 1 is 1.21 bits per heavy atom. The van der Waals surface area contributed by atoms with Crippen LogP contribution in [0.2, 0.25) is 0 Å². The maximum absolute atomic E-state index is 12.9. The van der Waals surface area contributed by atoms with Crippen molar-refractivity contribution in [2.24, 2.45) is 0 Å². The molecular weight excluding hydrogens is 304 g/mol. The molecule has 0 aliphatic carbocycles. The number of imidazole rings is 1. The smallest absolute Gasteiger partial charge is 0.255 e. The molecule has 1 aliphatic heterocycles. The van der Waals surface area contributed by atoms with Gasteiger partial charge in [-0.25, -0.2) is 9.97 Å². The third kappa shape index (κ3) is 2.68. The Balaban J connectivity index is 1.57. The normalized spacial score (nSPS) is 17.8. The number of piperidine rings is 1. The van der Waals surface area contributed by atoms with Crippen molar-refractivity contribution < 1.29 is 4.79 Å². The minimum atomic E-state index is 0.0129. The third-order valence-electron chi connectivity index (χ3n) is 4.41. The number of nitrogens with one attached hydrogen (secondary N) is 1. The van der Waals surface area contributed by atoms with E-state index in [1.807, 2.05) is 33.9 Å². The largest absolute Gasteiger partial charge is 0.330 e. The van der Waals surface area contributed by atoms with Crippen LogP contribution in [0, 0.1) is 0 Å². The number of pyridine rings is 1. The number of hydrogen-bond donors (Lipinski definition) is 1. The zero-order valence-corrected chi connectivity index (χ0v) is 13.2. The molecule has 24 heavy (non-hydrogen) atoms. The van der Waals surface area contributed by atoms with Crippen LogP contribution >= 0.6 is 0 Å². The SMILES string of the molecule is O=C(c1ccc(-n2ccnc2)nc1)N1CCCC[C@@H]1c1ccn[nH]1. The minimum absolute atomic E-state index is 0.0129. The first-order valence-corrected chi connectivity index (χ1v) is 8.07. The molecule has 4 heterocycles. The number of rotatable bonds is 3. The van der Waals surface area contributed by atoms with Crippen molar-refractivity contribution >= 4 is 5.91 Å². The van der Waals surface area contributed by atoms with Gasteiger partial charge in [0, 0.05) is 31.3 Å². The van der Waals surface area contributed by atoms with Gasteiger partial charge in [-0.05, 0) is 37.5 Å². The highest BCUT2D eigenvalue weighted by molar-refractivity contribution is 5.94. The Bertz CT molecular complexity index is 794. The van der Waals surface area contributed by atoms with E-state index in [2.05, 4.69) is 20.2 Å². The summed E-state index contributed by atoms with van der Waals surface area (Å²) in [4.78, 5) is 23.2. The van der Waals surface area contributed by atoms with E-state index in [-0.39, 0.29) is 11.9 Å². The van der Waals surface area contributed by atoms with Crippen LogP contribution in [0.3, 0.4) is 0 Å². The van der Waals surface area contributed by atoms with Crippen LogP contribution in [0.1, 0.15) is 41.4 Å². The van der Waals surface area contributed by atoms with Crippen LogP contribution in [-0.2, 0) is 0 Å². The summed E-state index contributed by atoms with van der Waals surface area (Å²) < 4.78 is 1.81. The molecule has 1 fully saturated rings. The second-order valence-corrected chi connectivity index (χ2v) is 5.90. The van der Waals surface area contributed by atoms with Gasteiger partial charge in [-0.3, -0.25) is 14.5 Å². The van der Waals surface area contributed by atoms with Gasteiger partial charge >= 0.3 is 0 Å². The first-order valence-electron chi connectivity index (χ1n) is 8.07. The number of carbonyl (C=O) groups excluding carboxylic acids is 1. The van der Waals surface area contributed by atoms with Crippen LogP contribution < -0.4 is 0 Å². The molecule has 0 aromatic carbocycles. The molecule has 1 aliphatic rings. The van der Waals surface area contributed by atoms with Gasteiger partial charge < -0.3 is 4.90 Å². The topological polar surface area (TPSA) is 79.7 Å². The lowest BCUT2D eigenvalue weighted by molar-refractivity contribution is 0.0605. The van der Waals surface area contributed by atoms with Crippen molar-refractivity contribution in [3.05, 3.63) is 60.6 Å². The maximum atomic E-state index is 12.9. The lowest BCUT2D eigenvalue weighted by atomic mass is 9.98. The third-order valence-corrected chi connectivity index (χ3v) is 4.41. The molecule has 7 nitrogen and oxygen atoms in total. The van der Waals surface area contributed by atoms with Crippen LogP contribution in [0.15, 0.2) is 49.3 Å². The van der Waals surface area contributed by atoms with Crippen molar-refractivity contribution in [1.82, 2.24) is 29.6 Å². The maximum Gasteiger partial charge on any atom is 0.255 e. The Kier molecular flexibility index (Phi) is 3.82. The molecule has 1 amide bonds. The summed E-state index contributed by atoms with van der Waals surface area (Å²) in [6.45, 7) is 0.756. The molecule has 0 radical (unpaired) electrons. The predicted molar refractivity (Wildman–Crippen MR) is 87.6 cm³/mol. The standard InChI is InChI=1S/C17H18N6O/c24-17(13-4-5-16(19-11-13)22-10-8-18-12-22)23-9-2-1-3-15(23)14-6-7-20-21-14/h4-8,10-12,15H,1-3,9H2,(H,20,21)/t15-/m1/s1. The fraction of sp³-hybridized carbons (Fsp3) is 0.294. The minimum Gasteiger partial charge on any atom is -0.330 e. The average molecular weight is 322 g/mol. The van der Waals surface area contributed by atoms with Crippen molar-refractivity contribution in [1.29, 1.82) is 0 Å². The number of amides is 1. The molecule has 4 rings (SSSR count). The van der Waals surface area contributed by atoms with Crippen molar-refractivity contribution in [3.63, 3.8) is 0 Å². The van der Waals surface area contributed by atoms with Crippen molar-refractivity contribution in [2.45, 2.75) is 25.3 Å². The highest BCUT2D eigenvalue weighted by atomic mass is 16.2. The van der Waals surface area contributed by atoms with E-state index in [0.29, 0.717) is 5.56 Å². The number of likely N-dealkylation sites (tertiary alicyclic amines) is 1. The van der Waals surface area contributed by atoms with Gasteiger partial charge in [-0.15, -0.1) is 0 Å². The van der Waals surface area contributed by atoms with E-state index < -0.39 is 0 Å². The van der Waals surface area contributed by atoms with Gasteiger partial charge in [0.25, 0.3) is 5.91 Å². The zero-order chi connectivity index (χ0) is 16.4. The van der Waals surface area contributed by atoms with Crippen LogP contribution in [0.5, 0.6) is 0 Å². The number of aromatic nitrogens is 5. The number of aromatic amines is 1. The number of carbonyl (C=O) groups is 1. The monoisotopic (exact) mass is 322 g/mol. The molecule has 0 unspecified atom stereocenters. The van der Waals surface area contributed by atoms with Crippen LogP contribution in [0.4, 0.5) is 0 Å². The van der Waals surface area contributed by atoms with E-state index in [1.54, 1.807) is 24.9 Å². The Hall–Kier alpha value is -2.96. The second-order valence-electron chi connectivity index (χ2n) is 5.90. The first-order chi connectivity index (χ1) is 11.8. The summed E-state index contributed by atoms with van der Waals surface area (Å²) in [7, 11) is 0. The van der Waals surface area contributed by atoms with E-state index >= 15 is 0 Å². The summed E-state index contributed by atoms with van der Waals surface area (Å²) in [6, 6.07) is 5.66. The molecule has 0 bridgehead atoms. The number of H-pyrrole nitrogens is 1. The van der Waals surface area contributed by atoms with E-state index in [0.717, 1.165) is 37.3 Å². The van der Waals surface area contributed by atoms with Crippen molar-refractivity contribution in [3.8, 4) is 5.82 Å². The summed E-state index contributed by atoms with van der Waals surface area (Å²) in [5.74, 6) is 0.756. The molecule has 1 atom stereocenters. The molecule has 1 saturated heterocycles. The predicted octanol–water partition coefficient (Wildman–Crippen LogP) is 2.36. The molecule has 0 saturated carbocycles. The summed E-state index contributed by atoms with van der Waals surface area (Å²) >= 11 is 0. The van der Waals surface area contributed by atoms with Gasteiger partial charge in [0.05, 0.1) is 17.3 Å². The lowest BCUT2D eigenvalue weighted by Crippen LogP contribution is -2.38. The van der Waals surface area contributed by atoms with E-state index in [1.165, 1.54) is 0 Å². The van der Waals surface area contributed by atoms with Gasteiger partial charge in [-0.2, -0.15) is 5.10 Å². The van der Waals surface area contributed by atoms with Gasteiger partial charge in [-0.1, -0.05) is 0 Å². The number of hydrogen-bond acceptors (Lipinski definition) is 4.